The van der Waals surface area contributed by atoms with Gasteiger partial charge in [-0.2, -0.15) is 0 Å². The van der Waals surface area contributed by atoms with Crippen LogP contribution in [0.1, 0.15) is 19.3 Å². The number of piperidine rings is 1. The summed E-state index contributed by atoms with van der Waals surface area (Å²) in [7, 11) is 4.49. The van der Waals surface area contributed by atoms with Crippen LogP contribution >= 0.6 is 0 Å². The first-order valence-corrected chi connectivity index (χ1v) is 5.61. The zero-order valence-corrected chi connectivity index (χ0v) is 9.00. The summed E-state index contributed by atoms with van der Waals surface area (Å²) in [5, 5.41) is 0. The van der Waals surface area contributed by atoms with Crippen LogP contribution in [0.15, 0.2) is 0 Å². The zero-order chi connectivity index (χ0) is 9.26. The molecule has 2 heteroatoms. The lowest BCUT2D eigenvalue weighted by molar-refractivity contribution is 0.0902. The third-order valence-electron chi connectivity index (χ3n) is 3.53. The summed E-state index contributed by atoms with van der Waals surface area (Å²) in [5.41, 5.74) is 0. The van der Waals surface area contributed by atoms with Crippen molar-refractivity contribution in [2.45, 2.75) is 19.3 Å². The molecule has 2 nitrogen and oxygen atoms in total. The first-order valence-electron chi connectivity index (χ1n) is 5.61. The third kappa shape index (κ3) is 2.44. The van der Waals surface area contributed by atoms with Gasteiger partial charge in [0.05, 0.1) is 0 Å². The molecular weight excluding hydrogens is 160 g/mol. The highest BCUT2D eigenvalue weighted by Gasteiger charge is 2.27. The van der Waals surface area contributed by atoms with Crippen LogP contribution in [0.25, 0.3) is 0 Å². The molecule has 0 saturated carbocycles. The van der Waals surface area contributed by atoms with Gasteiger partial charge in [-0.3, -0.25) is 0 Å². The average Bonchev–Trinajstić information content (AvgIpc) is 2.01. The number of nitrogens with zero attached hydrogens (tertiary/aromatic N) is 2. The minimum atomic E-state index is 0.998. The van der Waals surface area contributed by atoms with E-state index >= 15 is 0 Å². The maximum atomic E-state index is 2.50. The second kappa shape index (κ2) is 3.97. The number of likely N-dealkylation sites (tertiary alicyclic amines) is 2. The Hall–Kier alpha value is -0.0800. The van der Waals surface area contributed by atoms with Crippen molar-refractivity contribution < 1.29 is 0 Å². The van der Waals surface area contributed by atoms with Crippen LogP contribution < -0.4 is 0 Å². The Bertz CT molecular complexity index is 163. The van der Waals surface area contributed by atoms with Gasteiger partial charge < -0.3 is 9.80 Å². The van der Waals surface area contributed by atoms with E-state index in [4.69, 9.17) is 0 Å². The first kappa shape index (κ1) is 9.47. The van der Waals surface area contributed by atoms with Gasteiger partial charge in [-0.25, -0.2) is 0 Å². The van der Waals surface area contributed by atoms with Gasteiger partial charge in [-0.1, -0.05) is 0 Å². The van der Waals surface area contributed by atoms with Crippen molar-refractivity contribution in [3.05, 3.63) is 0 Å². The maximum Gasteiger partial charge on any atom is 0.00191 e. The summed E-state index contributed by atoms with van der Waals surface area (Å²) in [6.45, 7) is 5.36. The minimum Gasteiger partial charge on any atom is -0.306 e. The van der Waals surface area contributed by atoms with Crippen LogP contribution in [0, 0.1) is 11.8 Å². The average molecular weight is 182 g/mol. The lowest BCUT2D eigenvalue weighted by Gasteiger charge is -2.40. The molecule has 2 aliphatic heterocycles. The van der Waals surface area contributed by atoms with E-state index < -0.39 is 0 Å². The molecule has 1 unspecified atom stereocenters. The standard InChI is InChI=1S/C11H22N2/c1-12-5-3-4-10(7-12)6-11-8-13(2)9-11/h10-11H,3-9H2,1-2H3. The largest absolute Gasteiger partial charge is 0.306 e. The Morgan fingerprint density at radius 1 is 1.00 bits per heavy atom. The van der Waals surface area contributed by atoms with E-state index in [1.807, 2.05) is 0 Å². The molecule has 1 atom stereocenters. The number of rotatable bonds is 2. The quantitative estimate of drug-likeness (QED) is 0.635. The van der Waals surface area contributed by atoms with Crippen molar-refractivity contribution in [2.24, 2.45) is 11.8 Å². The molecule has 0 aliphatic carbocycles. The summed E-state index contributed by atoms with van der Waals surface area (Å²) >= 11 is 0. The third-order valence-corrected chi connectivity index (χ3v) is 3.53. The van der Waals surface area contributed by atoms with Gasteiger partial charge in [-0.15, -0.1) is 0 Å². The van der Waals surface area contributed by atoms with Gasteiger partial charge in [0.2, 0.25) is 0 Å². The Kier molecular flexibility index (Phi) is 2.89. The highest BCUT2D eigenvalue weighted by atomic mass is 15.2. The number of hydrogen-bond donors (Lipinski definition) is 0. The van der Waals surface area contributed by atoms with Gasteiger partial charge in [0.15, 0.2) is 0 Å². The first-order chi connectivity index (χ1) is 6.24. The minimum absolute atomic E-state index is 0.998. The smallest absolute Gasteiger partial charge is 0.00191 e. The van der Waals surface area contributed by atoms with Gasteiger partial charge in [0, 0.05) is 19.6 Å². The van der Waals surface area contributed by atoms with E-state index in [1.165, 1.54) is 45.4 Å². The zero-order valence-electron chi connectivity index (χ0n) is 9.00. The molecule has 76 valence electrons. The second-order valence-corrected chi connectivity index (χ2v) is 5.09. The van der Waals surface area contributed by atoms with Gasteiger partial charge >= 0.3 is 0 Å². The fraction of sp³-hybridized carbons (Fsp3) is 1.00. The van der Waals surface area contributed by atoms with E-state index in [2.05, 4.69) is 23.9 Å². The summed E-state index contributed by atoms with van der Waals surface area (Å²) < 4.78 is 0. The Morgan fingerprint density at radius 3 is 2.31 bits per heavy atom. The Balaban J connectivity index is 1.69. The normalized spacial score (nSPS) is 33.2. The van der Waals surface area contributed by atoms with Gasteiger partial charge in [-0.05, 0) is 51.7 Å². The molecule has 0 aromatic heterocycles. The predicted octanol–water partition coefficient (Wildman–Crippen LogP) is 1.28. The van der Waals surface area contributed by atoms with Crippen LogP contribution in [0.5, 0.6) is 0 Å². The lowest BCUT2D eigenvalue weighted by atomic mass is 9.85. The van der Waals surface area contributed by atoms with Crippen molar-refractivity contribution in [1.82, 2.24) is 9.80 Å². The van der Waals surface area contributed by atoms with Crippen molar-refractivity contribution in [3.63, 3.8) is 0 Å². The second-order valence-electron chi connectivity index (χ2n) is 5.09. The molecule has 13 heavy (non-hydrogen) atoms. The topological polar surface area (TPSA) is 6.48 Å². The molecular formula is C11H22N2. The molecule has 0 aromatic carbocycles. The highest BCUT2D eigenvalue weighted by molar-refractivity contribution is 4.81. The molecule has 2 rings (SSSR count). The van der Waals surface area contributed by atoms with E-state index in [0.29, 0.717) is 0 Å². The van der Waals surface area contributed by atoms with Crippen molar-refractivity contribution in [1.29, 1.82) is 0 Å². The molecule has 2 saturated heterocycles. The fourth-order valence-electron chi connectivity index (χ4n) is 2.91. The molecule has 2 heterocycles. The van der Waals surface area contributed by atoms with E-state index in [0.717, 1.165) is 11.8 Å². The highest BCUT2D eigenvalue weighted by Crippen LogP contribution is 2.26. The van der Waals surface area contributed by atoms with Crippen LogP contribution in [0.2, 0.25) is 0 Å². The van der Waals surface area contributed by atoms with Crippen molar-refractivity contribution >= 4 is 0 Å². The molecule has 0 radical (unpaired) electrons. The van der Waals surface area contributed by atoms with Gasteiger partial charge in [0.1, 0.15) is 0 Å². The molecule has 2 fully saturated rings. The summed E-state index contributed by atoms with van der Waals surface area (Å²) in [6, 6.07) is 0. The Labute approximate surface area is 81.9 Å². The maximum absolute atomic E-state index is 2.50. The van der Waals surface area contributed by atoms with Crippen LogP contribution in [0.3, 0.4) is 0 Å². The molecule has 0 N–H and O–H groups in total. The number of hydrogen-bond acceptors (Lipinski definition) is 2. The molecule has 0 aromatic rings. The van der Waals surface area contributed by atoms with E-state index in [-0.39, 0.29) is 0 Å². The van der Waals surface area contributed by atoms with Crippen molar-refractivity contribution in [3.8, 4) is 0 Å². The summed E-state index contributed by atoms with van der Waals surface area (Å²) in [4.78, 5) is 4.92. The van der Waals surface area contributed by atoms with Gasteiger partial charge in [0.25, 0.3) is 0 Å². The predicted molar refractivity (Wildman–Crippen MR) is 55.8 cm³/mol. The summed E-state index contributed by atoms with van der Waals surface area (Å²) in [6.07, 6.45) is 4.38. The summed E-state index contributed by atoms with van der Waals surface area (Å²) in [5.74, 6) is 2.01. The Morgan fingerprint density at radius 2 is 1.69 bits per heavy atom. The fourth-order valence-corrected chi connectivity index (χ4v) is 2.91. The van der Waals surface area contributed by atoms with E-state index in [9.17, 15) is 0 Å². The van der Waals surface area contributed by atoms with Crippen LogP contribution in [-0.2, 0) is 0 Å². The van der Waals surface area contributed by atoms with Crippen LogP contribution in [-0.4, -0.2) is 50.1 Å². The van der Waals surface area contributed by atoms with Crippen LogP contribution in [0.4, 0.5) is 0 Å². The molecule has 2 aliphatic rings. The van der Waals surface area contributed by atoms with E-state index in [1.54, 1.807) is 0 Å². The molecule has 0 bridgehead atoms. The molecule has 0 spiro atoms. The SMILES string of the molecule is CN1CCCC(CC2CN(C)C2)C1. The lowest BCUT2D eigenvalue weighted by Crippen LogP contribution is -2.45. The van der Waals surface area contributed by atoms with Crippen molar-refractivity contribution in [2.75, 3.05) is 40.3 Å². The molecule has 0 amide bonds. The monoisotopic (exact) mass is 182 g/mol.